The number of aliphatic hydroxyl groups is 1. The van der Waals surface area contributed by atoms with Gasteiger partial charge in [-0.25, -0.2) is 4.79 Å². The Labute approximate surface area is 105 Å². The molecule has 1 rings (SSSR count). The molecule has 0 aromatic rings. The normalized spacial score (nSPS) is 18.4. The summed E-state index contributed by atoms with van der Waals surface area (Å²) in [4.78, 5) is 25.8. The quantitative estimate of drug-likeness (QED) is 0.442. The summed E-state index contributed by atoms with van der Waals surface area (Å²) in [6.45, 7) is 3.18. The maximum absolute atomic E-state index is 11.7. The number of carboxylic acids is 1. The number of carbonyl (C=O) groups excluding carboxylic acids is 1. The molecule has 0 aliphatic carbocycles. The Balaban J connectivity index is 2.25. The van der Waals surface area contributed by atoms with E-state index >= 15 is 0 Å². The number of piperazine rings is 1. The zero-order valence-electron chi connectivity index (χ0n) is 10.2. The molecule has 8 nitrogen and oxygen atoms in total. The molecule has 0 radical (unpaired) electrons. The van der Waals surface area contributed by atoms with Crippen LogP contribution in [0.2, 0.25) is 0 Å². The number of amides is 2. The van der Waals surface area contributed by atoms with Gasteiger partial charge in [0, 0.05) is 39.3 Å². The molecule has 8 heteroatoms. The first-order chi connectivity index (χ1) is 8.54. The molecule has 0 aromatic heterocycles. The highest BCUT2D eigenvalue weighted by molar-refractivity contribution is 5.77. The van der Waals surface area contributed by atoms with Gasteiger partial charge in [-0.1, -0.05) is 0 Å². The summed E-state index contributed by atoms with van der Waals surface area (Å²) < 4.78 is 0. The molecule has 0 bridgehead atoms. The molecule has 2 amide bonds. The van der Waals surface area contributed by atoms with E-state index in [1.807, 2.05) is 0 Å². The molecular weight excluding hydrogens is 240 g/mol. The van der Waals surface area contributed by atoms with Gasteiger partial charge in [0.05, 0.1) is 6.61 Å². The maximum Gasteiger partial charge on any atom is 0.322 e. The molecule has 1 aliphatic heterocycles. The Morgan fingerprint density at radius 2 is 1.89 bits per heavy atom. The van der Waals surface area contributed by atoms with Gasteiger partial charge < -0.3 is 26.2 Å². The zero-order chi connectivity index (χ0) is 13.5. The molecule has 1 saturated heterocycles. The second kappa shape index (κ2) is 7.14. The van der Waals surface area contributed by atoms with Gasteiger partial charge in [-0.2, -0.15) is 0 Å². The summed E-state index contributed by atoms with van der Waals surface area (Å²) in [6, 6.07) is -1.38. The summed E-state index contributed by atoms with van der Waals surface area (Å²) in [5.41, 5.74) is 5.29. The first kappa shape index (κ1) is 14.7. The predicted molar refractivity (Wildman–Crippen MR) is 64.1 cm³/mol. The van der Waals surface area contributed by atoms with Crippen molar-refractivity contribution < 1.29 is 19.8 Å². The Morgan fingerprint density at radius 3 is 2.39 bits per heavy atom. The number of carbonyl (C=O) groups is 2. The van der Waals surface area contributed by atoms with E-state index in [0.29, 0.717) is 32.7 Å². The third-order valence-electron chi connectivity index (χ3n) is 2.87. The minimum atomic E-state index is -1.14. The molecular formula is C10H20N4O4. The SMILES string of the molecule is N[C@@H](CNC(=O)N1CCN(CCO)CC1)C(=O)O. The molecule has 0 unspecified atom stereocenters. The number of β-amino-alcohol motifs (C(OH)–C–C–N with tert-alkyl or cyclic N) is 1. The topological polar surface area (TPSA) is 119 Å². The van der Waals surface area contributed by atoms with Gasteiger partial charge in [0.1, 0.15) is 6.04 Å². The molecule has 1 heterocycles. The van der Waals surface area contributed by atoms with Gasteiger partial charge in [-0.3, -0.25) is 9.69 Å². The molecule has 5 N–H and O–H groups in total. The van der Waals surface area contributed by atoms with E-state index in [9.17, 15) is 9.59 Å². The van der Waals surface area contributed by atoms with Crippen LogP contribution in [0.1, 0.15) is 0 Å². The minimum Gasteiger partial charge on any atom is -0.480 e. The van der Waals surface area contributed by atoms with E-state index in [2.05, 4.69) is 10.2 Å². The second-order valence-corrected chi connectivity index (χ2v) is 4.18. The van der Waals surface area contributed by atoms with Crippen LogP contribution < -0.4 is 11.1 Å². The Kier molecular flexibility index (Phi) is 5.83. The van der Waals surface area contributed by atoms with E-state index in [1.165, 1.54) is 0 Å². The number of hydrogen-bond donors (Lipinski definition) is 4. The number of nitrogens with one attached hydrogen (secondary N) is 1. The van der Waals surface area contributed by atoms with Gasteiger partial charge in [0.25, 0.3) is 0 Å². The van der Waals surface area contributed by atoms with Crippen molar-refractivity contribution in [3.63, 3.8) is 0 Å². The fourth-order valence-electron chi connectivity index (χ4n) is 1.71. The van der Waals surface area contributed by atoms with Crippen molar-refractivity contribution in [1.29, 1.82) is 0 Å². The van der Waals surface area contributed by atoms with Crippen LogP contribution in [-0.2, 0) is 4.79 Å². The smallest absolute Gasteiger partial charge is 0.322 e. The summed E-state index contributed by atoms with van der Waals surface area (Å²) in [5.74, 6) is -1.14. The van der Waals surface area contributed by atoms with E-state index in [-0.39, 0.29) is 19.2 Å². The van der Waals surface area contributed by atoms with Crippen LogP contribution in [0.25, 0.3) is 0 Å². The van der Waals surface area contributed by atoms with Crippen LogP contribution in [0.3, 0.4) is 0 Å². The fraction of sp³-hybridized carbons (Fsp3) is 0.800. The molecule has 18 heavy (non-hydrogen) atoms. The fourth-order valence-corrected chi connectivity index (χ4v) is 1.71. The lowest BCUT2D eigenvalue weighted by molar-refractivity contribution is -0.138. The van der Waals surface area contributed by atoms with Crippen LogP contribution >= 0.6 is 0 Å². The van der Waals surface area contributed by atoms with Crippen LogP contribution in [-0.4, -0.2) is 83.9 Å². The van der Waals surface area contributed by atoms with Crippen LogP contribution in [0.4, 0.5) is 4.79 Å². The summed E-state index contributed by atoms with van der Waals surface area (Å²) in [6.07, 6.45) is 0. The van der Waals surface area contributed by atoms with Gasteiger partial charge in [0.2, 0.25) is 0 Å². The lowest BCUT2D eigenvalue weighted by atomic mass is 10.3. The number of rotatable bonds is 5. The Hall–Kier alpha value is -1.38. The van der Waals surface area contributed by atoms with Gasteiger partial charge in [-0.15, -0.1) is 0 Å². The van der Waals surface area contributed by atoms with Gasteiger partial charge in [0.15, 0.2) is 0 Å². The highest BCUT2D eigenvalue weighted by Crippen LogP contribution is 2.01. The number of nitrogens with two attached hydrogens (primary N) is 1. The zero-order valence-corrected chi connectivity index (χ0v) is 10.2. The van der Waals surface area contributed by atoms with Crippen LogP contribution in [0, 0.1) is 0 Å². The third-order valence-corrected chi connectivity index (χ3v) is 2.87. The van der Waals surface area contributed by atoms with E-state index < -0.39 is 12.0 Å². The molecule has 1 atom stereocenters. The molecule has 1 aliphatic rings. The van der Waals surface area contributed by atoms with Crippen molar-refractivity contribution in [2.75, 3.05) is 45.9 Å². The van der Waals surface area contributed by atoms with Gasteiger partial charge in [-0.05, 0) is 0 Å². The maximum atomic E-state index is 11.7. The molecule has 0 aromatic carbocycles. The predicted octanol–water partition coefficient (Wildman–Crippen LogP) is -2.28. The summed E-state index contributed by atoms with van der Waals surface area (Å²) in [7, 11) is 0. The molecule has 1 fully saturated rings. The van der Waals surface area contributed by atoms with Crippen molar-refractivity contribution in [3.05, 3.63) is 0 Å². The Bertz CT molecular complexity index is 292. The molecule has 104 valence electrons. The largest absolute Gasteiger partial charge is 0.480 e. The highest BCUT2D eigenvalue weighted by atomic mass is 16.4. The Morgan fingerprint density at radius 1 is 1.28 bits per heavy atom. The first-order valence-corrected chi connectivity index (χ1v) is 5.89. The number of aliphatic carboxylic acids is 1. The summed E-state index contributed by atoms with van der Waals surface area (Å²) >= 11 is 0. The molecule has 0 saturated carbocycles. The monoisotopic (exact) mass is 260 g/mol. The van der Waals surface area contributed by atoms with Crippen molar-refractivity contribution in [3.8, 4) is 0 Å². The number of aliphatic hydroxyl groups excluding tert-OH is 1. The van der Waals surface area contributed by atoms with Crippen LogP contribution in [0.15, 0.2) is 0 Å². The standard InChI is InChI=1S/C10H20N4O4/c11-8(9(16)17)7-12-10(18)14-3-1-13(2-4-14)5-6-15/h8,15H,1-7,11H2,(H,12,18)(H,16,17)/t8-/m0/s1. The minimum absolute atomic E-state index is 0.0784. The highest BCUT2D eigenvalue weighted by Gasteiger charge is 2.21. The van der Waals surface area contributed by atoms with Crippen molar-refractivity contribution in [2.24, 2.45) is 5.73 Å². The number of carboxylic acid groups (broad SMARTS) is 1. The molecule has 0 spiro atoms. The number of hydrogen-bond acceptors (Lipinski definition) is 5. The summed E-state index contributed by atoms with van der Waals surface area (Å²) in [5, 5.41) is 19.9. The van der Waals surface area contributed by atoms with E-state index in [4.69, 9.17) is 15.9 Å². The van der Waals surface area contributed by atoms with Crippen molar-refractivity contribution in [1.82, 2.24) is 15.1 Å². The van der Waals surface area contributed by atoms with Crippen molar-refractivity contribution >= 4 is 12.0 Å². The lowest BCUT2D eigenvalue weighted by Crippen LogP contribution is -2.54. The average molecular weight is 260 g/mol. The van der Waals surface area contributed by atoms with Crippen molar-refractivity contribution in [2.45, 2.75) is 6.04 Å². The second-order valence-electron chi connectivity index (χ2n) is 4.18. The van der Waals surface area contributed by atoms with E-state index in [1.54, 1.807) is 4.90 Å². The van der Waals surface area contributed by atoms with Gasteiger partial charge >= 0.3 is 12.0 Å². The average Bonchev–Trinajstić information content (AvgIpc) is 2.36. The van der Waals surface area contributed by atoms with Crippen LogP contribution in [0.5, 0.6) is 0 Å². The third kappa shape index (κ3) is 4.47. The first-order valence-electron chi connectivity index (χ1n) is 5.89. The lowest BCUT2D eigenvalue weighted by Gasteiger charge is -2.34. The number of urea groups is 1. The van der Waals surface area contributed by atoms with E-state index in [0.717, 1.165) is 0 Å². The number of nitrogens with zero attached hydrogens (tertiary/aromatic N) is 2.